The van der Waals surface area contributed by atoms with E-state index in [1.807, 2.05) is 19.9 Å². The molecule has 1 rings (SSSR count). The van der Waals surface area contributed by atoms with Crippen LogP contribution in [0.4, 0.5) is 11.4 Å². The Bertz CT molecular complexity index is 444. The summed E-state index contributed by atoms with van der Waals surface area (Å²) in [4.78, 5) is 11.7. The second-order valence-electron chi connectivity index (χ2n) is 4.84. The Kier molecular flexibility index (Phi) is 5.18. The van der Waals surface area contributed by atoms with Crippen molar-refractivity contribution in [1.29, 1.82) is 0 Å². The summed E-state index contributed by atoms with van der Waals surface area (Å²) in [6.45, 7) is 6.66. The Morgan fingerprint density at radius 1 is 1.42 bits per heavy atom. The summed E-state index contributed by atoms with van der Waals surface area (Å²) in [6, 6.07) is 5.21. The van der Waals surface area contributed by atoms with Crippen LogP contribution < -0.4 is 11.1 Å². The van der Waals surface area contributed by atoms with Crippen LogP contribution in [-0.2, 0) is 9.47 Å². The van der Waals surface area contributed by atoms with E-state index in [0.29, 0.717) is 24.4 Å². The Morgan fingerprint density at radius 3 is 2.68 bits per heavy atom. The van der Waals surface area contributed by atoms with E-state index in [0.717, 1.165) is 5.69 Å². The van der Waals surface area contributed by atoms with E-state index < -0.39 is 5.97 Å². The van der Waals surface area contributed by atoms with Crippen molar-refractivity contribution in [3.8, 4) is 0 Å². The molecule has 0 aromatic heterocycles. The molecule has 0 bridgehead atoms. The summed E-state index contributed by atoms with van der Waals surface area (Å²) >= 11 is 0. The number of hydrogen-bond acceptors (Lipinski definition) is 5. The van der Waals surface area contributed by atoms with Crippen LogP contribution in [0.25, 0.3) is 0 Å². The van der Waals surface area contributed by atoms with Gasteiger partial charge in [0, 0.05) is 25.0 Å². The third-order valence-corrected chi connectivity index (χ3v) is 2.82. The number of rotatable bonds is 6. The second-order valence-corrected chi connectivity index (χ2v) is 4.84. The quantitative estimate of drug-likeness (QED) is 0.610. The van der Waals surface area contributed by atoms with Gasteiger partial charge in [-0.2, -0.15) is 0 Å². The van der Waals surface area contributed by atoms with Gasteiger partial charge in [-0.1, -0.05) is 0 Å². The number of nitrogen functional groups attached to an aromatic ring is 1. The number of hydrogen-bond donors (Lipinski definition) is 2. The fraction of sp³-hybridized carbons (Fsp3) is 0.500. The number of carbonyl (C=O) groups excluding carboxylic acids is 1. The van der Waals surface area contributed by atoms with E-state index in [2.05, 4.69) is 5.32 Å². The molecule has 106 valence electrons. The normalized spacial score (nSPS) is 11.2. The molecule has 0 atom stereocenters. The number of esters is 1. The highest BCUT2D eigenvalue weighted by molar-refractivity contribution is 5.96. The van der Waals surface area contributed by atoms with E-state index in [4.69, 9.17) is 15.2 Å². The molecular formula is C14H22N2O3. The number of methoxy groups -OCH3 is 1. The minimum absolute atomic E-state index is 0.286. The molecule has 3 N–H and O–H groups in total. The van der Waals surface area contributed by atoms with Gasteiger partial charge in [0.05, 0.1) is 17.8 Å². The molecule has 5 nitrogen and oxygen atoms in total. The minimum atomic E-state index is -0.408. The molecule has 0 unspecified atom stereocenters. The molecular weight excluding hydrogens is 244 g/mol. The van der Waals surface area contributed by atoms with Gasteiger partial charge < -0.3 is 20.5 Å². The lowest BCUT2D eigenvalue weighted by Crippen LogP contribution is -2.32. The highest BCUT2D eigenvalue weighted by Crippen LogP contribution is 2.20. The first kappa shape index (κ1) is 15.3. The SMILES string of the molecule is CCOC(=O)c1cc(NCC(C)(C)OC)ccc1N. The fourth-order valence-corrected chi connectivity index (χ4v) is 1.44. The summed E-state index contributed by atoms with van der Waals surface area (Å²) in [5.74, 6) is -0.408. The van der Waals surface area contributed by atoms with E-state index in [-0.39, 0.29) is 5.60 Å². The summed E-state index contributed by atoms with van der Waals surface area (Å²) < 4.78 is 10.3. The fourth-order valence-electron chi connectivity index (χ4n) is 1.44. The average Bonchev–Trinajstić information content (AvgIpc) is 2.38. The molecule has 0 aliphatic heterocycles. The average molecular weight is 266 g/mol. The van der Waals surface area contributed by atoms with Crippen LogP contribution in [-0.4, -0.2) is 31.8 Å². The van der Waals surface area contributed by atoms with Crippen LogP contribution in [0.15, 0.2) is 18.2 Å². The smallest absolute Gasteiger partial charge is 0.340 e. The predicted molar refractivity (Wildman–Crippen MR) is 76.4 cm³/mol. The summed E-state index contributed by atoms with van der Waals surface area (Å²) in [7, 11) is 1.66. The van der Waals surface area contributed by atoms with Crippen molar-refractivity contribution in [3.63, 3.8) is 0 Å². The number of anilines is 2. The van der Waals surface area contributed by atoms with Crippen LogP contribution in [0.5, 0.6) is 0 Å². The number of nitrogens with one attached hydrogen (secondary N) is 1. The van der Waals surface area contributed by atoms with Crippen molar-refractivity contribution < 1.29 is 14.3 Å². The van der Waals surface area contributed by atoms with E-state index in [1.54, 1.807) is 26.2 Å². The van der Waals surface area contributed by atoms with Gasteiger partial charge in [-0.3, -0.25) is 0 Å². The third kappa shape index (κ3) is 4.44. The van der Waals surface area contributed by atoms with Crippen molar-refractivity contribution >= 4 is 17.3 Å². The van der Waals surface area contributed by atoms with Crippen molar-refractivity contribution in [2.24, 2.45) is 0 Å². The summed E-state index contributed by atoms with van der Waals surface area (Å²) in [5, 5.41) is 3.21. The maximum atomic E-state index is 11.7. The van der Waals surface area contributed by atoms with E-state index >= 15 is 0 Å². The van der Waals surface area contributed by atoms with Gasteiger partial charge in [0.1, 0.15) is 0 Å². The zero-order chi connectivity index (χ0) is 14.5. The number of carbonyl (C=O) groups is 1. The molecule has 0 spiro atoms. The van der Waals surface area contributed by atoms with Crippen molar-refractivity contribution in [3.05, 3.63) is 23.8 Å². The Balaban J connectivity index is 2.82. The van der Waals surface area contributed by atoms with Gasteiger partial charge in [0.25, 0.3) is 0 Å². The first-order valence-corrected chi connectivity index (χ1v) is 6.25. The molecule has 0 radical (unpaired) electrons. The van der Waals surface area contributed by atoms with Crippen molar-refractivity contribution in [2.45, 2.75) is 26.4 Å². The van der Waals surface area contributed by atoms with Gasteiger partial charge in [-0.05, 0) is 39.0 Å². The largest absolute Gasteiger partial charge is 0.462 e. The molecule has 0 aliphatic rings. The first-order chi connectivity index (χ1) is 8.89. The molecule has 0 fully saturated rings. The summed E-state index contributed by atoms with van der Waals surface area (Å²) in [5.41, 5.74) is 7.09. The lowest BCUT2D eigenvalue weighted by molar-refractivity contribution is 0.0344. The number of nitrogens with two attached hydrogens (primary N) is 1. The predicted octanol–water partition coefficient (Wildman–Crippen LogP) is 2.28. The van der Waals surface area contributed by atoms with Crippen molar-refractivity contribution in [1.82, 2.24) is 0 Å². The number of ether oxygens (including phenoxy) is 2. The van der Waals surface area contributed by atoms with Crippen molar-refractivity contribution in [2.75, 3.05) is 31.3 Å². The van der Waals surface area contributed by atoms with Gasteiger partial charge in [0.2, 0.25) is 0 Å². The Hall–Kier alpha value is -1.75. The zero-order valence-electron chi connectivity index (χ0n) is 11.9. The van der Waals surface area contributed by atoms with Crippen LogP contribution in [0.3, 0.4) is 0 Å². The van der Waals surface area contributed by atoms with Gasteiger partial charge in [-0.25, -0.2) is 4.79 Å². The topological polar surface area (TPSA) is 73.6 Å². The molecule has 5 heteroatoms. The third-order valence-electron chi connectivity index (χ3n) is 2.82. The highest BCUT2D eigenvalue weighted by atomic mass is 16.5. The Labute approximate surface area is 114 Å². The first-order valence-electron chi connectivity index (χ1n) is 6.25. The monoisotopic (exact) mass is 266 g/mol. The number of benzene rings is 1. The molecule has 19 heavy (non-hydrogen) atoms. The lowest BCUT2D eigenvalue weighted by atomic mass is 10.1. The van der Waals surface area contributed by atoms with E-state index in [1.165, 1.54) is 0 Å². The standard InChI is InChI=1S/C14H22N2O3/c1-5-19-13(17)11-8-10(6-7-12(11)15)16-9-14(2,3)18-4/h6-8,16H,5,9,15H2,1-4H3. The van der Waals surface area contributed by atoms with Crippen LogP contribution in [0.2, 0.25) is 0 Å². The maximum absolute atomic E-state index is 11.7. The molecule has 0 aliphatic carbocycles. The molecule has 1 aromatic carbocycles. The van der Waals surface area contributed by atoms with Gasteiger partial charge in [0.15, 0.2) is 0 Å². The molecule has 0 saturated heterocycles. The molecule has 0 amide bonds. The highest BCUT2D eigenvalue weighted by Gasteiger charge is 2.17. The van der Waals surface area contributed by atoms with Gasteiger partial charge in [-0.15, -0.1) is 0 Å². The Morgan fingerprint density at radius 2 is 2.11 bits per heavy atom. The van der Waals surface area contributed by atoms with Crippen LogP contribution in [0, 0.1) is 0 Å². The molecule has 0 saturated carbocycles. The van der Waals surface area contributed by atoms with E-state index in [9.17, 15) is 4.79 Å². The maximum Gasteiger partial charge on any atom is 0.340 e. The van der Waals surface area contributed by atoms with Gasteiger partial charge >= 0.3 is 5.97 Å². The second kappa shape index (κ2) is 6.43. The molecule has 0 heterocycles. The van der Waals surface area contributed by atoms with Crippen LogP contribution in [0.1, 0.15) is 31.1 Å². The minimum Gasteiger partial charge on any atom is -0.462 e. The molecule has 1 aromatic rings. The lowest BCUT2D eigenvalue weighted by Gasteiger charge is -2.24. The summed E-state index contributed by atoms with van der Waals surface area (Å²) in [6.07, 6.45) is 0. The van der Waals surface area contributed by atoms with Crippen LogP contribution >= 0.6 is 0 Å². The zero-order valence-corrected chi connectivity index (χ0v) is 11.9.